The maximum atomic E-state index is 12.7. The van der Waals surface area contributed by atoms with E-state index in [1.165, 1.54) is 11.8 Å². The molecule has 1 aromatic carbocycles. The topological polar surface area (TPSA) is 102 Å². The Morgan fingerprint density at radius 2 is 1.97 bits per heavy atom. The number of ether oxygens (including phenoxy) is 1. The van der Waals surface area contributed by atoms with Crippen LogP contribution in [0.5, 0.6) is 0 Å². The summed E-state index contributed by atoms with van der Waals surface area (Å²) in [5.41, 5.74) is 2.26. The van der Waals surface area contributed by atoms with Gasteiger partial charge in [0.1, 0.15) is 6.26 Å². The molecule has 176 valence electrons. The molecule has 2 saturated heterocycles. The van der Waals surface area contributed by atoms with E-state index in [0.29, 0.717) is 12.3 Å². The van der Waals surface area contributed by atoms with Gasteiger partial charge in [0.05, 0.1) is 18.1 Å². The summed E-state index contributed by atoms with van der Waals surface area (Å²) in [6, 6.07) is 7.92. The third-order valence-electron chi connectivity index (χ3n) is 6.59. The van der Waals surface area contributed by atoms with Crippen LogP contribution in [-0.2, 0) is 16.0 Å². The van der Waals surface area contributed by atoms with Crippen LogP contribution in [-0.4, -0.2) is 34.2 Å². The molecule has 2 aliphatic rings. The fourth-order valence-corrected chi connectivity index (χ4v) is 4.87. The molecule has 2 bridgehead atoms. The molecule has 0 radical (unpaired) electrons. The van der Waals surface area contributed by atoms with Crippen LogP contribution in [0.4, 0.5) is 5.69 Å². The second-order valence-electron chi connectivity index (χ2n) is 8.95. The lowest BCUT2D eigenvalue weighted by Crippen LogP contribution is -2.25. The van der Waals surface area contributed by atoms with Crippen molar-refractivity contribution < 1.29 is 23.8 Å². The first-order chi connectivity index (χ1) is 16.0. The maximum absolute atomic E-state index is 12.7. The first-order valence-corrected chi connectivity index (χ1v) is 11.9. The molecule has 2 aromatic rings. The Bertz CT molecular complexity index is 981. The Labute approximate surface area is 194 Å². The van der Waals surface area contributed by atoms with Gasteiger partial charge in [-0.15, -0.1) is 0 Å². The number of fused-ring (bicyclic) bond motifs is 2. The van der Waals surface area contributed by atoms with Crippen LogP contribution in [0.1, 0.15) is 79.7 Å². The average molecular weight is 453 g/mol. The Balaban J connectivity index is 1.38. The summed E-state index contributed by atoms with van der Waals surface area (Å²) in [7, 11) is 0. The highest BCUT2D eigenvalue weighted by molar-refractivity contribution is 6.02. The van der Waals surface area contributed by atoms with Gasteiger partial charge in [0.2, 0.25) is 5.89 Å². The van der Waals surface area contributed by atoms with Crippen molar-refractivity contribution in [1.29, 1.82) is 0 Å². The zero-order valence-corrected chi connectivity index (χ0v) is 19.0. The zero-order chi connectivity index (χ0) is 23.2. The number of amides is 1. The van der Waals surface area contributed by atoms with Gasteiger partial charge < -0.3 is 19.6 Å². The van der Waals surface area contributed by atoms with Crippen molar-refractivity contribution in [2.24, 2.45) is 5.92 Å². The number of carbonyl (C=O) groups excluding carboxylic acids is 1. The number of aryl methyl sites for hydroxylation is 1. The molecule has 0 spiro atoms. The first kappa shape index (κ1) is 23.2. The second kappa shape index (κ2) is 10.8. The smallest absolute Gasteiger partial charge is 0.303 e. The average Bonchev–Trinajstić information content (AvgIpc) is 3.54. The Kier molecular flexibility index (Phi) is 7.60. The van der Waals surface area contributed by atoms with E-state index >= 15 is 0 Å². The lowest BCUT2D eigenvalue weighted by Gasteiger charge is -2.24. The van der Waals surface area contributed by atoms with Crippen molar-refractivity contribution in [3.8, 4) is 0 Å². The summed E-state index contributed by atoms with van der Waals surface area (Å²) in [5, 5.41) is 11.7. The number of oxazole rings is 1. The van der Waals surface area contributed by atoms with E-state index in [4.69, 9.17) is 14.3 Å². The van der Waals surface area contributed by atoms with Gasteiger partial charge in [0.25, 0.3) is 5.91 Å². The predicted molar refractivity (Wildman–Crippen MR) is 124 cm³/mol. The van der Waals surface area contributed by atoms with Gasteiger partial charge in [-0.05, 0) is 56.2 Å². The fourth-order valence-electron chi connectivity index (χ4n) is 4.87. The van der Waals surface area contributed by atoms with E-state index in [-0.39, 0.29) is 42.1 Å². The molecule has 33 heavy (non-hydrogen) atoms. The number of rotatable bonds is 11. The number of allylic oxidation sites excluding steroid dienone is 2. The lowest BCUT2D eigenvalue weighted by molar-refractivity contribution is -0.136. The molecule has 1 aromatic heterocycles. The molecule has 0 aliphatic carbocycles. The van der Waals surface area contributed by atoms with E-state index in [2.05, 4.69) is 17.2 Å². The lowest BCUT2D eigenvalue weighted by atomic mass is 9.77. The molecule has 2 N–H and O–H groups in total. The van der Waals surface area contributed by atoms with E-state index in [1.54, 1.807) is 0 Å². The number of nitrogens with zero attached hydrogens (tertiary/aromatic N) is 1. The normalized spacial score (nSPS) is 23.9. The van der Waals surface area contributed by atoms with Gasteiger partial charge in [0.15, 0.2) is 5.69 Å². The third-order valence-corrected chi connectivity index (χ3v) is 6.59. The number of carbonyl (C=O) groups is 2. The van der Waals surface area contributed by atoms with Gasteiger partial charge in [-0.2, -0.15) is 0 Å². The predicted octanol–water partition coefficient (Wildman–Crippen LogP) is 5.34. The number of aromatic nitrogens is 1. The van der Waals surface area contributed by atoms with Crippen LogP contribution in [0, 0.1) is 5.92 Å². The Morgan fingerprint density at radius 3 is 2.73 bits per heavy atom. The number of hydrogen-bond acceptors (Lipinski definition) is 5. The van der Waals surface area contributed by atoms with Gasteiger partial charge in [-0.1, -0.05) is 37.6 Å². The largest absolute Gasteiger partial charge is 0.481 e. The number of nitrogens with one attached hydrogen (secondary N) is 1. The van der Waals surface area contributed by atoms with Crippen molar-refractivity contribution >= 4 is 17.6 Å². The highest BCUT2D eigenvalue weighted by Gasteiger charge is 2.51. The molecule has 4 atom stereocenters. The van der Waals surface area contributed by atoms with Crippen molar-refractivity contribution in [2.45, 2.75) is 76.4 Å². The van der Waals surface area contributed by atoms with E-state index < -0.39 is 5.97 Å². The Morgan fingerprint density at radius 1 is 1.18 bits per heavy atom. The molecule has 2 fully saturated rings. The molecular weight excluding hydrogens is 420 g/mol. The number of carboxylic acids is 1. The minimum absolute atomic E-state index is 0.00673. The first-order valence-electron chi connectivity index (χ1n) is 11.9. The van der Waals surface area contributed by atoms with Crippen LogP contribution in [0.15, 0.2) is 47.1 Å². The summed E-state index contributed by atoms with van der Waals surface area (Å²) in [5.74, 6) is -0.312. The van der Waals surface area contributed by atoms with Crippen molar-refractivity contribution in [1.82, 2.24) is 4.98 Å². The number of benzene rings is 1. The van der Waals surface area contributed by atoms with Gasteiger partial charge in [0, 0.05) is 18.0 Å². The quantitative estimate of drug-likeness (QED) is 0.446. The summed E-state index contributed by atoms with van der Waals surface area (Å²) < 4.78 is 11.9. The summed E-state index contributed by atoms with van der Waals surface area (Å²) in [6.45, 7) is 2.17. The van der Waals surface area contributed by atoms with Crippen LogP contribution in [0.3, 0.4) is 0 Å². The molecule has 2 aliphatic heterocycles. The Hall–Kier alpha value is -2.93. The molecule has 4 unspecified atom stereocenters. The highest BCUT2D eigenvalue weighted by atomic mass is 16.5. The highest BCUT2D eigenvalue weighted by Crippen LogP contribution is 2.50. The summed E-state index contributed by atoms with van der Waals surface area (Å²) >= 11 is 0. The van der Waals surface area contributed by atoms with E-state index in [1.807, 2.05) is 36.4 Å². The fraction of sp³-hybridized carbons (Fsp3) is 0.500. The van der Waals surface area contributed by atoms with Crippen molar-refractivity contribution in [3.63, 3.8) is 0 Å². The maximum Gasteiger partial charge on any atom is 0.303 e. The van der Waals surface area contributed by atoms with Crippen LogP contribution in [0.25, 0.3) is 0 Å². The molecule has 3 heterocycles. The zero-order valence-electron chi connectivity index (χ0n) is 19.0. The number of anilines is 1. The molecule has 0 saturated carbocycles. The van der Waals surface area contributed by atoms with Gasteiger partial charge in [-0.25, -0.2) is 4.98 Å². The number of hydrogen-bond donors (Lipinski definition) is 2. The molecule has 1 amide bonds. The minimum Gasteiger partial charge on any atom is -0.481 e. The van der Waals surface area contributed by atoms with E-state index in [0.717, 1.165) is 44.2 Å². The summed E-state index contributed by atoms with van der Waals surface area (Å²) in [4.78, 5) is 27.9. The SMILES string of the molecule is CCCCc1ccc(NC(=O)c2coc(C3C4CCC(O4)C3CC=CCCC(=O)O)n2)cc1. The van der Waals surface area contributed by atoms with Crippen LogP contribution < -0.4 is 5.32 Å². The number of unbranched alkanes of at least 4 members (excludes halogenated alkanes) is 1. The van der Waals surface area contributed by atoms with Crippen LogP contribution in [0.2, 0.25) is 0 Å². The van der Waals surface area contributed by atoms with Crippen LogP contribution >= 0.6 is 0 Å². The molecular formula is C26H32N2O5. The minimum atomic E-state index is -0.793. The van der Waals surface area contributed by atoms with Gasteiger partial charge in [-0.3, -0.25) is 9.59 Å². The third kappa shape index (κ3) is 5.71. The van der Waals surface area contributed by atoms with Gasteiger partial charge >= 0.3 is 5.97 Å². The number of aliphatic carboxylic acids is 1. The molecule has 4 rings (SSSR count). The van der Waals surface area contributed by atoms with E-state index in [9.17, 15) is 9.59 Å². The monoisotopic (exact) mass is 452 g/mol. The molecule has 7 heteroatoms. The second-order valence-corrected chi connectivity index (χ2v) is 8.95. The number of carboxylic acid groups (broad SMARTS) is 1. The van der Waals surface area contributed by atoms with Crippen molar-refractivity contribution in [2.75, 3.05) is 5.32 Å². The molecule has 7 nitrogen and oxygen atoms in total. The van der Waals surface area contributed by atoms with Crippen molar-refractivity contribution in [3.05, 3.63) is 59.8 Å². The standard InChI is InChI=1S/C26H32N2O5/c1-2-3-7-17-10-12-18(13-11-17)27-25(31)20-16-32-26(28-20)24-19(21-14-15-22(24)33-21)8-5-4-6-9-23(29)30/h4-5,10-13,16,19,21-22,24H,2-3,6-9,14-15H2,1H3,(H,27,31)(H,29,30). The summed E-state index contributed by atoms with van der Waals surface area (Å²) in [6.07, 6.45) is 12.3.